The number of benzene rings is 2. The second kappa shape index (κ2) is 9.67. The molecule has 0 unspecified atom stereocenters. The fourth-order valence-corrected chi connectivity index (χ4v) is 4.53. The Morgan fingerprint density at radius 1 is 1.15 bits per heavy atom. The van der Waals surface area contributed by atoms with Crippen LogP contribution in [0.25, 0.3) is 0 Å². The van der Waals surface area contributed by atoms with Crippen molar-refractivity contribution in [3.8, 4) is 0 Å². The minimum atomic E-state index is -0.671. The normalized spacial score (nSPS) is 18.8. The van der Waals surface area contributed by atoms with Crippen molar-refractivity contribution >= 4 is 29.4 Å². The van der Waals surface area contributed by atoms with Gasteiger partial charge in [0.2, 0.25) is 5.91 Å². The minimum absolute atomic E-state index is 0.192. The van der Waals surface area contributed by atoms with E-state index in [0.717, 1.165) is 12.8 Å². The SMILES string of the molecule is C[C@H](C(=O)NCCCc1ccccc1)N1CC2=C(C1=O)[C@H](c1ccccc1Cl)NC(=O)N2C. The first-order valence-electron chi connectivity index (χ1n) is 11.0. The molecule has 2 heterocycles. The summed E-state index contributed by atoms with van der Waals surface area (Å²) >= 11 is 6.37. The van der Waals surface area contributed by atoms with Crippen molar-refractivity contribution in [1.82, 2.24) is 20.4 Å². The largest absolute Gasteiger partial charge is 0.354 e. The summed E-state index contributed by atoms with van der Waals surface area (Å²) in [6.45, 7) is 2.43. The Bertz CT molecular complexity index is 1100. The van der Waals surface area contributed by atoms with Crippen molar-refractivity contribution in [3.63, 3.8) is 0 Å². The molecule has 172 valence electrons. The van der Waals surface area contributed by atoms with E-state index in [1.165, 1.54) is 15.4 Å². The third kappa shape index (κ3) is 4.59. The van der Waals surface area contributed by atoms with Crippen LogP contribution in [-0.2, 0) is 16.0 Å². The molecule has 0 saturated heterocycles. The molecule has 0 saturated carbocycles. The molecule has 8 heteroatoms. The van der Waals surface area contributed by atoms with Crippen LogP contribution in [0.5, 0.6) is 0 Å². The predicted octanol–water partition coefficient (Wildman–Crippen LogP) is 3.27. The molecule has 33 heavy (non-hydrogen) atoms. The fraction of sp³-hybridized carbons (Fsp3) is 0.320. The first-order valence-corrected chi connectivity index (χ1v) is 11.4. The summed E-state index contributed by atoms with van der Waals surface area (Å²) in [5.74, 6) is -0.485. The number of nitrogens with one attached hydrogen (secondary N) is 2. The van der Waals surface area contributed by atoms with Crippen molar-refractivity contribution in [3.05, 3.63) is 82.0 Å². The van der Waals surface area contributed by atoms with Gasteiger partial charge in [0.15, 0.2) is 0 Å². The van der Waals surface area contributed by atoms with Crippen LogP contribution in [0.15, 0.2) is 65.9 Å². The first kappa shape index (κ1) is 22.9. The number of rotatable bonds is 7. The fourth-order valence-electron chi connectivity index (χ4n) is 4.28. The van der Waals surface area contributed by atoms with Crippen LogP contribution in [0.3, 0.4) is 0 Å². The Labute approximate surface area is 198 Å². The van der Waals surface area contributed by atoms with E-state index in [2.05, 4.69) is 22.8 Å². The van der Waals surface area contributed by atoms with Crippen LogP contribution >= 0.6 is 11.6 Å². The number of carbonyl (C=O) groups is 3. The Morgan fingerprint density at radius 3 is 2.58 bits per heavy atom. The van der Waals surface area contributed by atoms with Gasteiger partial charge in [-0.3, -0.25) is 14.5 Å². The lowest BCUT2D eigenvalue weighted by molar-refractivity contribution is -0.135. The third-order valence-electron chi connectivity index (χ3n) is 6.24. The number of nitrogens with zero attached hydrogens (tertiary/aromatic N) is 2. The van der Waals surface area contributed by atoms with Gasteiger partial charge in [-0.1, -0.05) is 60.1 Å². The van der Waals surface area contributed by atoms with Crippen LogP contribution in [-0.4, -0.2) is 53.8 Å². The Kier molecular flexibility index (Phi) is 6.70. The lowest BCUT2D eigenvalue weighted by Gasteiger charge is -2.31. The summed E-state index contributed by atoms with van der Waals surface area (Å²) < 4.78 is 0. The summed E-state index contributed by atoms with van der Waals surface area (Å²) in [6.07, 6.45) is 1.67. The zero-order valence-corrected chi connectivity index (χ0v) is 19.4. The molecule has 2 aromatic carbocycles. The van der Waals surface area contributed by atoms with Gasteiger partial charge in [-0.05, 0) is 37.0 Å². The van der Waals surface area contributed by atoms with Crippen molar-refractivity contribution in [2.75, 3.05) is 20.1 Å². The molecule has 4 amide bonds. The van der Waals surface area contributed by atoms with E-state index in [0.29, 0.717) is 28.4 Å². The number of aryl methyl sites for hydroxylation is 1. The van der Waals surface area contributed by atoms with Crippen LogP contribution < -0.4 is 10.6 Å². The zero-order chi connectivity index (χ0) is 23.5. The summed E-state index contributed by atoms with van der Waals surface area (Å²) in [5, 5.41) is 6.27. The lowest BCUT2D eigenvalue weighted by atomic mass is 9.95. The van der Waals surface area contributed by atoms with Crippen LogP contribution in [0.2, 0.25) is 5.02 Å². The van der Waals surface area contributed by atoms with Crippen molar-refractivity contribution < 1.29 is 14.4 Å². The summed E-state index contributed by atoms with van der Waals surface area (Å²) in [6, 6.07) is 15.6. The molecule has 0 spiro atoms. The number of carbonyl (C=O) groups excluding carboxylic acids is 3. The molecule has 4 rings (SSSR count). The van der Waals surface area contributed by atoms with Gasteiger partial charge in [-0.2, -0.15) is 0 Å². The minimum Gasteiger partial charge on any atom is -0.354 e. The van der Waals surface area contributed by atoms with E-state index in [-0.39, 0.29) is 24.4 Å². The number of hydrogen-bond acceptors (Lipinski definition) is 3. The molecule has 2 aromatic rings. The molecule has 2 aliphatic rings. The van der Waals surface area contributed by atoms with E-state index in [1.807, 2.05) is 24.3 Å². The van der Waals surface area contributed by atoms with E-state index >= 15 is 0 Å². The number of halogens is 1. The Hall–Kier alpha value is -3.32. The molecule has 0 aliphatic carbocycles. The summed E-state index contributed by atoms with van der Waals surface area (Å²) in [4.78, 5) is 41.7. The molecule has 0 aromatic heterocycles. The topological polar surface area (TPSA) is 81.8 Å². The Morgan fingerprint density at radius 2 is 1.85 bits per heavy atom. The zero-order valence-electron chi connectivity index (χ0n) is 18.7. The van der Waals surface area contributed by atoms with E-state index in [4.69, 9.17) is 11.6 Å². The van der Waals surface area contributed by atoms with Gasteiger partial charge in [0.25, 0.3) is 5.91 Å². The maximum atomic E-state index is 13.4. The second-order valence-corrected chi connectivity index (χ2v) is 8.72. The third-order valence-corrected chi connectivity index (χ3v) is 6.58. The molecular weight excluding hydrogens is 440 g/mol. The molecular formula is C25H27ClN4O3. The molecule has 0 radical (unpaired) electrons. The smallest absolute Gasteiger partial charge is 0.322 e. The van der Waals surface area contributed by atoms with Gasteiger partial charge in [-0.25, -0.2) is 4.79 Å². The molecule has 2 N–H and O–H groups in total. The van der Waals surface area contributed by atoms with E-state index in [9.17, 15) is 14.4 Å². The van der Waals surface area contributed by atoms with Gasteiger partial charge in [-0.15, -0.1) is 0 Å². The number of amides is 4. The monoisotopic (exact) mass is 466 g/mol. The second-order valence-electron chi connectivity index (χ2n) is 8.31. The highest BCUT2D eigenvalue weighted by Crippen LogP contribution is 2.38. The lowest BCUT2D eigenvalue weighted by Crippen LogP contribution is -2.47. The molecule has 0 bridgehead atoms. The molecule has 7 nitrogen and oxygen atoms in total. The standard InChI is InChI=1S/C25H27ClN4O3/c1-16(23(31)27-14-8-11-17-9-4-3-5-10-17)30-15-20-21(24(30)32)22(28-25(33)29(20)2)18-12-6-7-13-19(18)26/h3-7,9-10,12-13,16,22H,8,11,14-15H2,1-2H3,(H,27,31)(H,28,33)/t16-,22+/m1/s1. The average molecular weight is 467 g/mol. The van der Waals surface area contributed by atoms with Crippen molar-refractivity contribution in [2.45, 2.75) is 31.8 Å². The average Bonchev–Trinajstić information content (AvgIpc) is 3.17. The highest BCUT2D eigenvalue weighted by Gasteiger charge is 2.45. The van der Waals surface area contributed by atoms with Crippen LogP contribution in [0.1, 0.15) is 30.5 Å². The summed E-state index contributed by atoms with van der Waals surface area (Å²) in [5.41, 5.74) is 2.92. The molecule has 0 fully saturated rings. The van der Waals surface area contributed by atoms with Crippen molar-refractivity contribution in [2.24, 2.45) is 0 Å². The first-order chi connectivity index (χ1) is 15.9. The highest BCUT2D eigenvalue weighted by molar-refractivity contribution is 6.31. The molecule has 2 aliphatic heterocycles. The number of likely N-dealkylation sites (N-methyl/N-ethyl adjacent to an activating group) is 1. The quantitative estimate of drug-likeness (QED) is 0.614. The maximum absolute atomic E-state index is 13.4. The maximum Gasteiger partial charge on any atom is 0.322 e. The van der Waals surface area contributed by atoms with Gasteiger partial charge in [0, 0.05) is 18.6 Å². The number of urea groups is 1. The Balaban J connectivity index is 1.44. The van der Waals surface area contributed by atoms with Gasteiger partial charge >= 0.3 is 6.03 Å². The van der Waals surface area contributed by atoms with Gasteiger partial charge in [0.1, 0.15) is 6.04 Å². The summed E-state index contributed by atoms with van der Waals surface area (Å²) in [7, 11) is 1.62. The van der Waals surface area contributed by atoms with E-state index < -0.39 is 12.1 Å². The van der Waals surface area contributed by atoms with Gasteiger partial charge < -0.3 is 15.5 Å². The van der Waals surface area contributed by atoms with Gasteiger partial charge in [0.05, 0.1) is 23.9 Å². The van der Waals surface area contributed by atoms with Crippen molar-refractivity contribution in [1.29, 1.82) is 0 Å². The van der Waals surface area contributed by atoms with E-state index in [1.54, 1.807) is 32.2 Å². The van der Waals surface area contributed by atoms with Crippen LogP contribution in [0.4, 0.5) is 4.79 Å². The predicted molar refractivity (Wildman–Crippen MR) is 126 cm³/mol. The van der Waals surface area contributed by atoms with Crippen LogP contribution in [0, 0.1) is 0 Å². The highest BCUT2D eigenvalue weighted by atomic mass is 35.5. The molecule has 2 atom stereocenters. The number of hydrogen-bond donors (Lipinski definition) is 2.